The molecule has 4 aromatic rings. The monoisotopic (exact) mass is 421 g/mol. The Bertz CT molecular complexity index is 1280. The van der Waals surface area contributed by atoms with E-state index in [1.807, 2.05) is 37.4 Å². The van der Waals surface area contributed by atoms with Crippen molar-refractivity contribution in [1.82, 2.24) is 24.8 Å². The molecule has 0 N–H and O–H groups in total. The first-order valence-electron chi connectivity index (χ1n) is 9.70. The number of amides is 1. The molecule has 2 aromatic heterocycles. The topological polar surface area (TPSA) is 77.1 Å². The minimum atomic E-state index is -1.05. The maximum absolute atomic E-state index is 13.6. The van der Waals surface area contributed by atoms with Crippen molar-refractivity contribution in [2.45, 2.75) is 13.0 Å². The minimum Gasteiger partial charge on any atom is -0.334 e. The normalized spacial score (nSPS) is 13.3. The Morgan fingerprint density at radius 1 is 1.10 bits per heavy atom. The van der Waals surface area contributed by atoms with Gasteiger partial charge in [-0.1, -0.05) is 35.5 Å². The van der Waals surface area contributed by atoms with Crippen LogP contribution in [0.5, 0.6) is 0 Å². The minimum absolute atomic E-state index is 0.0944. The van der Waals surface area contributed by atoms with E-state index in [0.717, 1.165) is 29.0 Å². The molecular formula is C22H17F2N5O2. The van der Waals surface area contributed by atoms with E-state index < -0.39 is 11.6 Å². The maximum Gasteiger partial charge on any atom is 0.279 e. The summed E-state index contributed by atoms with van der Waals surface area (Å²) >= 11 is 0. The number of aryl methyl sites for hydroxylation is 1. The average Bonchev–Trinajstić information content (AvgIpc) is 3.40. The summed E-state index contributed by atoms with van der Waals surface area (Å²) in [5.74, 6) is -1.71. The van der Waals surface area contributed by atoms with Crippen LogP contribution in [0.15, 0.2) is 53.1 Å². The number of fused-ring (bicyclic) bond motifs is 1. The maximum atomic E-state index is 13.6. The third kappa shape index (κ3) is 3.37. The summed E-state index contributed by atoms with van der Waals surface area (Å²) in [5.41, 5.74) is 3.18. The van der Waals surface area contributed by atoms with Crippen molar-refractivity contribution in [3.63, 3.8) is 0 Å². The molecule has 0 saturated carbocycles. The van der Waals surface area contributed by atoms with Gasteiger partial charge in [0.2, 0.25) is 5.82 Å². The van der Waals surface area contributed by atoms with E-state index in [-0.39, 0.29) is 23.9 Å². The highest BCUT2D eigenvalue weighted by Gasteiger charge is 2.30. The Morgan fingerprint density at radius 3 is 2.68 bits per heavy atom. The molecule has 5 rings (SSSR count). The zero-order chi connectivity index (χ0) is 21.5. The molecule has 3 heterocycles. The van der Waals surface area contributed by atoms with Gasteiger partial charge >= 0.3 is 0 Å². The van der Waals surface area contributed by atoms with Crippen LogP contribution < -0.4 is 0 Å². The molecule has 1 amide bonds. The Labute approximate surface area is 175 Å². The van der Waals surface area contributed by atoms with E-state index in [9.17, 15) is 13.6 Å². The zero-order valence-electron chi connectivity index (χ0n) is 16.5. The van der Waals surface area contributed by atoms with Gasteiger partial charge in [0.05, 0.1) is 6.54 Å². The molecule has 0 atom stereocenters. The molecule has 1 aliphatic heterocycles. The summed E-state index contributed by atoms with van der Waals surface area (Å²) in [6, 6.07) is 12.6. The van der Waals surface area contributed by atoms with Gasteiger partial charge in [-0.05, 0) is 18.2 Å². The summed E-state index contributed by atoms with van der Waals surface area (Å²) in [6.45, 7) is 0.683. The number of rotatable bonds is 3. The third-order valence-electron chi connectivity index (χ3n) is 5.36. The first kappa shape index (κ1) is 19.1. The zero-order valence-corrected chi connectivity index (χ0v) is 16.5. The van der Waals surface area contributed by atoms with Crippen LogP contribution in [0.3, 0.4) is 0 Å². The van der Waals surface area contributed by atoms with Gasteiger partial charge in [-0.25, -0.2) is 8.78 Å². The summed E-state index contributed by atoms with van der Waals surface area (Å²) in [5, 5.41) is 8.58. The lowest BCUT2D eigenvalue weighted by molar-refractivity contribution is 0.0733. The Balaban J connectivity index is 1.46. The van der Waals surface area contributed by atoms with Crippen LogP contribution >= 0.6 is 0 Å². The second-order valence-corrected chi connectivity index (χ2v) is 7.29. The van der Waals surface area contributed by atoms with Gasteiger partial charge in [0, 0.05) is 42.4 Å². The lowest BCUT2D eigenvalue weighted by atomic mass is 10.0. The summed E-state index contributed by atoms with van der Waals surface area (Å²) in [7, 11) is 1.82. The molecule has 9 heteroatoms. The molecule has 0 saturated heterocycles. The van der Waals surface area contributed by atoms with Gasteiger partial charge in [-0.2, -0.15) is 10.1 Å². The van der Waals surface area contributed by atoms with Gasteiger partial charge in [0.25, 0.3) is 11.8 Å². The number of hydrogen-bond donors (Lipinski definition) is 0. The summed E-state index contributed by atoms with van der Waals surface area (Å²) in [4.78, 5) is 18.9. The predicted octanol–water partition coefficient (Wildman–Crippen LogP) is 3.61. The van der Waals surface area contributed by atoms with Crippen molar-refractivity contribution in [1.29, 1.82) is 0 Å². The van der Waals surface area contributed by atoms with E-state index in [0.29, 0.717) is 24.5 Å². The van der Waals surface area contributed by atoms with Gasteiger partial charge < -0.3 is 9.42 Å². The van der Waals surface area contributed by atoms with Crippen LogP contribution in [0.4, 0.5) is 8.78 Å². The molecular weight excluding hydrogens is 404 g/mol. The number of aromatic nitrogens is 4. The van der Waals surface area contributed by atoms with Crippen LogP contribution in [0.1, 0.15) is 21.6 Å². The first-order valence-corrected chi connectivity index (χ1v) is 9.70. The number of carbonyl (C=O) groups is 1. The second kappa shape index (κ2) is 7.42. The molecule has 7 nitrogen and oxygen atoms in total. The largest absolute Gasteiger partial charge is 0.334 e. The molecule has 0 spiro atoms. The quantitative estimate of drug-likeness (QED) is 0.505. The lowest BCUT2D eigenvalue weighted by Gasteiger charge is -2.27. The summed E-state index contributed by atoms with van der Waals surface area (Å²) < 4.78 is 34.0. The van der Waals surface area contributed by atoms with Crippen LogP contribution in [0, 0.1) is 11.6 Å². The first-order chi connectivity index (χ1) is 15.0. The molecule has 0 bridgehead atoms. The number of carbonyl (C=O) groups excluding carboxylic acids is 1. The van der Waals surface area contributed by atoms with Crippen LogP contribution in [-0.4, -0.2) is 37.3 Å². The van der Waals surface area contributed by atoms with Crippen molar-refractivity contribution in [2.75, 3.05) is 6.54 Å². The standard InChI is InChI=1S/C22H17F2N5O2/c1-28-18-9-10-29(22(30)14-7-8-16(23)17(24)11-14)12-15(18)19(26-28)21-25-20(27-31-21)13-5-3-2-4-6-13/h2-8,11H,9-10,12H2,1H3. The van der Waals surface area contributed by atoms with Crippen molar-refractivity contribution in [2.24, 2.45) is 7.05 Å². The van der Waals surface area contributed by atoms with E-state index in [4.69, 9.17) is 4.52 Å². The van der Waals surface area contributed by atoms with Gasteiger partial charge in [0.1, 0.15) is 0 Å². The SMILES string of the molecule is Cn1nc(-c2nc(-c3ccccc3)no2)c2c1CCN(C(=O)c1ccc(F)c(F)c1)C2. The Kier molecular flexibility index (Phi) is 4.58. The highest BCUT2D eigenvalue weighted by Crippen LogP contribution is 2.30. The fraction of sp³-hybridized carbons (Fsp3) is 0.182. The Hall–Kier alpha value is -3.88. The third-order valence-corrected chi connectivity index (χ3v) is 5.36. The fourth-order valence-electron chi connectivity index (χ4n) is 3.77. The highest BCUT2D eigenvalue weighted by atomic mass is 19.2. The molecule has 31 heavy (non-hydrogen) atoms. The summed E-state index contributed by atoms with van der Waals surface area (Å²) in [6.07, 6.45) is 0.563. The van der Waals surface area contributed by atoms with Crippen LogP contribution in [0.2, 0.25) is 0 Å². The molecule has 1 aliphatic rings. The number of hydrogen-bond acceptors (Lipinski definition) is 5. The van der Waals surface area contributed by atoms with Crippen LogP contribution in [-0.2, 0) is 20.0 Å². The van der Waals surface area contributed by atoms with E-state index in [1.165, 1.54) is 6.07 Å². The molecule has 0 aliphatic carbocycles. The predicted molar refractivity (Wildman–Crippen MR) is 107 cm³/mol. The van der Waals surface area contributed by atoms with E-state index in [1.54, 1.807) is 9.58 Å². The van der Waals surface area contributed by atoms with E-state index >= 15 is 0 Å². The van der Waals surface area contributed by atoms with Gasteiger partial charge in [0.15, 0.2) is 17.3 Å². The number of benzene rings is 2. The lowest BCUT2D eigenvalue weighted by Crippen LogP contribution is -2.36. The van der Waals surface area contributed by atoms with E-state index in [2.05, 4.69) is 15.2 Å². The number of halogens is 2. The van der Waals surface area contributed by atoms with Crippen LogP contribution in [0.25, 0.3) is 23.0 Å². The molecule has 2 aromatic carbocycles. The molecule has 0 radical (unpaired) electrons. The average molecular weight is 421 g/mol. The number of nitrogens with zero attached hydrogens (tertiary/aromatic N) is 5. The smallest absolute Gasteiger partial charge is 0.279 e. The van der Waals surface area contributed by atoms with Gasteiger partial charge in [-0.3, -0.25) is 9.48 Å². The fourth-order valence-corrected chi connectivity index (χ4v) is 3.77. The molecule has 0 unspecified atom stereocenters. The van der Waals surface area contributed by atoms with Crippen molar-refractivity contribution >= 4 is 5.91 Å². The van der Waals surface area contributed by atoms with Crippen molar-refractivity contribution in [3.8, 4) is 23.0 Å². The molecule has 156 valence electrons. The van der Waals surface area contributed by atoms with Gasteiger partial charge in [-0.15, -0.1) is 0 Å². The van der Waals surface area contributed by atoms with Crippen molar-refractivity contribution < 1.29 is 18.1 Å². The highest BCUT2D eigenvalue weighted by molar-refractivity contribution is 5.94. The second-order valence-electron chi connectivity index (χ2n) is 7.29. The molecule has 0 fully saturated rings. The van der Waals surface area contributed by atoms with Crippen molar-refractivity contribution in [3.05, 3.63) is 77.0 Å². The Morgan fingerprint density at radius 2 is 1.90 bits per heavy atom.